The van der Waals surface area contributed by atoms with Crippen LogP contribution in [-0.2, 0) is 6.42 Å². The van der Waals surface area contributed by atoms with Gasteiger partial charge in [-0.25, -0.2) is 0 Å². The van der Waals surface area contributed by atoms with Gasteiger partial charge in [-0.3, -0.25) is 10.1 Å². The molecule has 3 rings (SSSR count). The highest BCUT2D eigenvalue weighted by atomic mass is 35.5. The van der Waals surface area contributed by atoms with Gasteiger partial charge in [-0.15, -0.1) is 0 Å². The van der Waals surface area contributed by atoms with Crippen LogP contribution in [0.1, 0.15) is 30.4 Å². The third-order valence-electron chi connectivity index (χ3n) is 4.73. The van der Waals surface area contributed by atoms with Crippen LogP contribution in [0.5, 0.6) is 0 Å². The molecule has 0 spiro atoms. The molecule has 0 amide bonds. The van der Waals surface area contributed by atoms with Gasteiger partial charge in [0.1, 0.15) is 6.07 Å². The van der Waals surface area contributed by atoms with Crippen LogP contribution in [-0.4, -0.2) is 17.5 Å². The Balaban J connectivity index is 1.94. The second kappa shape index (κ2) is 7.94. The van der Waals surface area contributed by atoms with E-state index >= 15 is 0 Å². The fraction of sp³-hybridized carbons (Fsp3) is 0.316. The summed E-state index contributed by atoms with van der Waals surface area (Å²) in [6.45, 7) is 0.806. The van der Waals surface area contributed by atoms with Gasteiger partial charge in [0, 0.05) is 23.7 Å². The maximum Gasteiger partial charge on any atom is 0.288 e. The maximum absolute atomic E-state index is 11.1. The van der Waals surface area contributed by atoms with Crippen molar-refractivity contribution in [3.8, 4) is 6.07 Å². The summed E-state index contributed by atoms with van der Waals surface area (Å²) in [5.41, 5.74) is 1.52. The zero-order valence-electron chi connectivity index (χ0n) is 14.0. The molecule has 0 bridgehead atoms. The first-order chi connectivity index (χ1) is 12.5. The van der Waals surface area contributed by atoms with E-state index in [4.69, 9.17) is 23.2 Å². The second-order valence-corrected chi connectivity index (χ2v) is 7.15. The van der Waals surface area contributed by atoms with Gasteiger partial charge in [0.15, 0.2) is 5.56 Å². The topological polar surface area (TPSA) is 70.2 Å². The molecular weight excluding hydrogens is 373 g/mol. The highest BCUT2D eigenvalue weighted by molar-refractivity contribution is 6.34. The number of nitro groups is 1. The first kappa shape index (κ1) is 18.5. The van der Waals surface area contributed by atoms with E-state index in [0.717, 1.165) is 32.2 Å². The van der Waals surface area contributed by atoms with Gasteiger partial charge in [0.05, 0.1) is 15.6 Å². The Morgan fingerprint density at radius 2 is 1.92 bits per heavy atom. The van der Waals surface area contributed by atoms with Crippen molar-refractivity contribution in [3.63, 3.8) is 0 Å². The lowest BCUT2D eigenvalue weighted by atomic mass is 9.94. The Morgan fingerprint density at radius 1 is 1.19 bits per heavy atom. The van der Waals surface area contributed by atoms with Crippen LogP contribution in [0.4, 0.5) is 11.4 Å². The molecule has 1 unspecified atom stereocenters. The van der Waals surface area contributed by atoms with Gasteiger partial charge < -0.3 is 4.90 Å². The fourth-order valence-corrected chi connectivity index (χ4v) is 3.89. The van der Waals surface area contributed by atoms with E-state index in [9.17, 15) is 15.4 Å². The molecule has 1 atom stereocenters. The Labute approximate surface area is 161 Å². The monoisotopic (exact) mass is 389 g/mol. The number of hydrogen-bond acceptors (Lipinski definition) is 4. The maximum atomic E-state index is 11.1. The first-order valence-electron chi connectivity index (χ1n) is 8.39. The minimum absolute atomic E-state index is 0.0787. The van der Waals surface area contributed by atoms with Gasteiger partial charge in [-0.2, -0.15) is 5.26 Å². The van der Waals surface area contributed by atoms with Gasteiger partial charge >= 0.3 is 0 Å². The SMILES string of the molecule is N#Cc1c([N+](=O)[O-])ccc(N2CCCCC2Cc2ccc(Cl)cc2)c1Cl. The van der Waals surface area contributed by atoms with Crippen LogP contribution in [0.2, 0.25) is 10.0 Å². The Kier molecular flexibility index (Phi) is 5.65. The van der Waals surface area contributed by atoms with Crippen LogP contribution < -0.4 is 4.90 Å². The molecule has 1 aliphatic rings. The number of halogens is 2. The average Bonchev–Trinajstić information content (AvgIpc) is 2.64. The molecule has 7 heteroatoms. The molecule has 1 heterocycles. The van der Waals surface area contributed by atoms with Crippen LogP contribution in [0.25, 0.3) is 0 Å². The normalized spacial score (nSPS) is 17.0. The number of piperidine rings is 1. The number of anilines is 1. The lowest BCUT2D eigenvalue weighted by Gasteiger charge is -2.38. The number of hydrogen-bond donors (Lipinski definition) is 0. The van der Waals surface area contributed by atoms with Crippen molar-refractivity contribution in [1.29, 1.82) is 5.26 Å². The van der Waals surface area contributed by atoms with E-state index in [1.54, 1.807) is 6.07 Å². The van der Waals surface area contributed by atoms with Crippen LogP contribution in [0.3, 0.4) is 0 Å². The van der Waals surface area contributed by atoms with Gasteiger partial charge in [-0.05, 0) is 49.4 Å². The van der Waals surface area contributed by atoms with E-state index in [1.807, 2.05) is 30.3 Å². The van der Waals surface area contributed by atoms with Crippen molar-refractivity contribution in [2.75, 3.05) is 11.4 Å². The zero-order chi connectivity index (χ0) is 18.7. The molecule has 0 radical (unpaired) electrons. The summed E-state index contributed by atoms with van der Waals surface area (Å²) in [4.78, 5) is 12.7. The minimum Gasteiger partial charge on any atom is -0.367 e. The molecule has 2 aromatic rings. The van der Waals surface area contributed by atoms with E-state index in [2.05, 4.69) is 4.90 Å². The molecule has 5 nitrogen and oxygen atoms in total. The molecule has 0 aliphatic carbocycles. The van der Waals surface area contributed by atoms with E-state index in [0.29, 0.717) is 10.7 Å². The number of benzene rings is 2. The third-order valence-corrected chi connectivity index (χ3v) is 5.36. The number of nitrogens with zero attached hydrogens (tertiary/aromatic N) is 3. The van der Waals surface area contributed by atoms with E-state index < -0.39 is 4.92 Å². The summed E-state index contributed by atoms with van der Waals surface area (Å²) in [7, 11) is 0. The van der Waals surface area contributed by atoms with Gasteiger partial charge in [0.25, 0.3) is 5.69 Å². The summed E-state index contributed by atoms with van der Waals surface area (Å²) in [5, 5.41) is 21.3. The Bertz CT molecular complexity index is 862. The Morgan fingerprint density at radius 3 is 2.58 bits per heavy atom. The molecule has 1 saturated heterocycles. The Hall–Kier alpha value is -2.29. The number of nitriles is 1. The van der Waals surface area contributed by atoms with Crippen molar-refractivity contribution in [3.05, 3.63) is 67.7 Å². The fourth-order valence-electron chi connectivity index (χ4n) is 3.46. The van der Waals surface area contributed by atoms with E-state index in [-0.39, 0.29) is 22.3 Å². The van der Waals surface area contributed by atoms with Crippen LogP contribution in [0, 0.1) is 21.4 Å². The predicted molar refractivity (Wildman–Crippen MR) is 103 cm³/mol. The highest BCUT2D eigenvalue weighted by Gasteiger charge is 2.28. The van der Waals surface area contributed by atoms with Crippen molar-refractivity contribution >= 4 is 34.6 Å². The standard InChI is InChI=1S/C19H17Cl2N3O2/c20-14-6-4-13(5-7-14)11-15-3-1-2-10-23(15)18-9-8-17(24(25)26)16(12-22)19(18)21/h4-9,15H,1-3,10-11H2. The number of nitro benzene ring substituents is 1. The smallest absolute Gasteiger partial charge is 0.288 e. The molecular formula is C19H17Cl2N3O2. The zero-order valence-corrected chi connectivity index (χ0v) is 15.5. The molecule has 134 valence electrons. The first-order valence-corrected chi connectivity index (χ1v) is 9.15. The highest BCUT2D eigenvalue weighted by Crippen LogP contribution is 2.38. The molecule has 0 saturated carbocycles. The molecule has 0 N–H and O–H groups in total. The second-order valence-electron chi connectivity index (χ2n) is 6.34. The largest absolute Gasteiger partial charge is 0.367 e. The molecule has 2 aromatic carbocycles. The summed E-state index contributed by atoms with van der Waals surface area (Å²) >= 11 is 12.4. The van der Waals surface area contributed by atoms with Crippen LogP contribution in [0.15, 0.2) is 36.4 Å². The molecule has 1 aliphatic heterocycles. The van der Waals surface area contributed by atoms with Crippen molar-refractivity contribution in [2.24, 2.45) is 0 Å². The van der Waals surface area contributed by atoms with Gasteiger partial charge in [-0.1, -0.05) is 35.3 Å². The van der Waals surface area contributed by atoms with Crippen LogP contribution >= 0.6 is 23.2 Å². The summed E-state index contributed by atoms with van der Waals surface area (Å²) < 4.78 is 0. The number of rotatable bonds is 4. The minimum atomic E-state index is -0.574. The molecule has 26 heavy (non-hydrogen) atoms. The summed E-state index contributed by atoms with van der Waals surface area (Å²) in [6.07, 6.45) is 3.96. The predicted octanol–water partition coefficient (Wildman–Crippen LogP) is 5.37. The molecule has 0 aromatic heterocycles. The summed E-state index contributed by atoms with van der Waals surface area (Å²) in [6, 6.07) is 12.9. The van der Waals surface area contributed by atoms with Crippen molar-refractivity contribution < 1.29 is 4.92 Å². The van der Waals surface area contributed by atoms with E-state index in [1.165, 1.54) is 11.6 Å². The quantitative estimate of drug-likeness (QED) is 0.520. The third kappa shape index (κ3) is 3.77. The lowest BCUT2D eigenvalue weighted by molar-refractivity contribution is -0.385. The summed E-state index contributed by atoms with van der Waals surface area (Å²) in [5.74, 6) is 0. The van der Waals surface area contributed by atoms with Crippen molar-refractivity contribution in [1.82, 2.24) is 0 Å². The van der Waals surface area contributed by atoms with Crippen molar-refractivity contribution in [2.45, 2.75) is 31.7 Å². The molecule has 1 fully saturated rings. The van der Waals surface area contributed by atoms with Gasteiger partial charge in [0.2, 0.25) is 0 Å². The average molecular weight is 390 g/mol. The lowest BCUT2D eigenvalue weighted by Crippen LogP contribution is -2.41.